The highest BCUT2D eigenvalue weighted by molar-refractivity contribution is 5.17. The Balaban J connectivity index is 1.75. The maximum absolute atomic E-state index is 4.44. The van der Waals surface area contributed by atoms with Gasteiger partial charge in [0.05, 0.1) is 6.20 Å². The summed E-state index contributed by atoms with van der Waals surface area (Å²) in [5.41, 5.74) is 2.61. The fourth-order valence-electron chi connectivity index (χ4n) is 2.83. The Bertz CT molecular complexity index is 563. The predicted molar refractivity (Wildman–Crippen MR) is 82.9 cm³/mol. The third-order valence-electron chi connectivity index (χ3n) is 4.01. The second-order valence-electron chi connectivity index (χ2n) is 5.89. The lowest BCUT2D eigenvalue weighted by atomic mass is 10.0. The molecule has 21 heavy (non-hydrogen) atoms. The quantitative estimate of drug-likeness (QED) is 0.933. The highest BCUT2D eigenvalue weighted by Crippen LogP contribution is 2.23. The lowest BCUT2D eigenvalue weighted by Crippen LogP contribution is -2.45. The minimum absolute atomic E-state index is 0.407. The first-order valence-electron chi connectivity index (χ1n) is 7.62. The molecule has 1 atom stereocenters. The minimum Gasteiger partial charge on any atom is -0.314 e. The average Bonchev–Trinajstić information content (AvgIpc) is 2.98. The second-order valence-corrected chi connectivity index (χ2v) is 5.89. The molecule has 5 nitrogen and oxygen atoms in total. The molecule has 0 radical (unpaired) electrons. The largest absolute Gasteiger partial charge is 0.314 e. The summed E-state index contributed by atoms with van der Waals surface area (Å²) >= 11 is 0. The Kier molecular flexibility index (Phi) is 4.31. The first kappa shape index (κ1) is 14.2. The zero-order valence-electron chi connectivity index (χ0n) is 12.7. The number of piperazine rings is 1. The summed E-state index contributed by atoms with van der Waals surface area (Å²) in [4.78, 5) is 6.64. The monoisotopic (exact) mass is 285 g/mol. The van der Waals surface area contributed by atoms with Crippen LogP contribution in [-0.2, 0) is 6.54 Å². The number of rotatable bonds is 4. The van der Waals surface area contributed by atoms with Crippen molar-refractivity contribution in [2.75, 3.05) is 19.6 Å². The number of hydrogen-bond donors (Lipinski definition) is 1. The van der Waals surface area contributed by atoms with Crippen molar-refractivity contribution in [2.45, 2.75) is 32.5 Å². The third kappa shape index (κ3) is 3.31. The van der Waals surface area contributed by atoms with Crippen molar-refractivity contribution in [3.8, 4) is 0 Å². The summed E-state index contributed by atoms with van der Waals surface area (Å²) in [5.74, 6) is 0. The van der Waals surface area contributed by atoms with E-state index in [9.17, 15) is 0 Å². The summed E-state index contributed by atoms with van der Waals surface area (Å²) in [6.45, 7) is 8.34. The van der Waals surface area contributed by atoms with E-state index in [-0.39, 0.29) is 0 Å². The molecule has 2 aromatic heterocycles. The van der Waals surface area contributed by atoms with Crippen LogP contribution in [-0.4, -0.2) is 39.3 Å². The van der Waals surface area contributed by atoms with E-state index in [1.54, 1.807) is 0 Å². The zero-order valence-corrected chi connectivity index (χ0v) is 12.7. The minimum atomic E-state index is 0.407. The van der Waals surface area contributed by atoms with Crippen LogP contribution in [0.25, 0.3) is 0 Å². The number of nitrogens with zero attached hydrogens (tertiary/aromatic N) is 4. The third-order valence-corrected chi connectivity index (χ3v) is 4.01. The fraction of sp³-hybridized carbons (Fsp3) is 0.500. The number of nitrogens with one attached hydrogen (secondary N) is 1. The first-order chi connectivity index (χ1) is 10.2. The van der Waals surface area contributed by atoms with Crippen LogP contribution in [0.1, 0.15) is 37.1 Å². The fourth-order valence-corrected chi connectivity index (χ4v) is 2.83. The van der Waals surface area contributed by atoms with Crippen molar-refractivity contribution in [2.24, 2.45) is 0 Å². The highest BCUT2D eigenvalue weighted by atomic mass is 15.3. The molecule has 1 aliphatic rings. The normalized spacial score (nSPS) is 20.0. The van der Waals surface area contributed by atoms with Gasteiger partial charge in [0, 0.05) is 62.4 Å². The molecule has 0 saturated carbocycles. The van der Waals surface area contributed by atoms with Crippen LogP contribution in [0.2, 0.25) is 0 Å². The molecule has 0 spiro atoms. The summed E-state index contributed by atoms with van der Waals surface area (Å²) in [7, 11) is 0. The van der Waals surface area contributed by atoms with E-state index in [1.165, 1.54) is 11.1 Å². The van der Waals surface area contributed by atoms with Gasteiger partial charge in [-0.15, -0.1) is 0 Å². The van der Waals surface area contributed by atoms with Crippen molar-refractivity contribution in [3.63, 3.8) is 0 Å². The van der Waals surface area contributed by atoms with E-state index in [2.05, 4.69) is 52.5 Å². The molecular formula is C16H23N5. The Morgan fingerprint density at radius 1 is 1.33 bits per heavy atom. The molecule has 0 aromatic carbocycles. The molecule has 112 valence electrons. The Morgan fingerprint density at radius 2 is 2.14 bits per heavy atom. The van der Waals surface area contributed by atoms with Gasteiger partial charge in [0.2, 0.25) is 0 Å². The van der Waals surface area contributed by atoms with E-state index in [0.29, 0.717) is 12.1 Å². The van der Waals surface area contributed by atoms with Gasteiger partial charge in [-0.3, -0.25) is 14.6 Å². The molecule has 1 aliphatic heterocycles. The van der Waals surface area contributed by atoms with Crippen molar-refractivity contribution < 1.29 is 0 Å². The molecule has 1 saturated heterocycles. The van der Waals surface area contributed by atoms with Gasteiger partial charge in [0.15, 0.2) is 0 Å². The number of pyridine rings is 1. The first-order valence-corrected chi connectivity index (χ1v) is 7.62. The van der Waals surface area contributed by atoms with E-state index in [1.807, 2.05) is 23.3 Å². The molecule has 3 heterocycles. The van der Waals surface area contributed by atoms with Crippen molar-refractivity contribution >= 4 is 0 Å². The molecular weight excluding hydrogens is 262 g/mol. The second kappa shape index (κ2) is 6.37. The summed E-state index contributed by atoms with van der Waals surface area (Å²) in [6.07, 6.45) is 7.90. The molecule has 1 fully saturated rings. The highest BCUT2D eigenvalue weighted by Gasteiger charge is 2.24. The van der Waals surface area contributed by atoms with Crippen LogP contribution in [0.15, 0.2) is 36.9 Å². The maximum Gasteiger partial charge on any atom is 0.0534 e. The number of hydrogen-bond acceptors (Lipinski definition) is 4. The predicted octanol–water partition coefficient (Wildman–Crippen LogP) is 2.01. The van der Waals surface area contributed by atoms with Crippen LogP contribution < -0.4 is 5.32 Å². The molecule has 3 rings (SSSR count). The summed E-state index contributed by atoms with van der Waals surface area (Å²) in [5, 5.41) is 7.93. The molecule has 0 aliphatic carbocycles. The van der Waals surface area contributed by atoms with E-state index >= 15 is 0 Å². The van der Waals surface area contributed by atoms with E-state index in [0.717, 1.165) is 26.2 Å². The number of aromatic nitrogens is 3. The van der Waals surface area contributed by atoms with Crippen LogP contribution in [0, 0.1) is 0 Å². The van der Waals surface area contributed by atoms with Crippen molar-refractivity contribution in [1.82, 2.24) is 25.0 Å². The van der Waals surface area contributed by atoms with E-state index < -0.39 is 0 Å². The van der Waals surface area contributed by atoms with Gasteiger partial charge < -0.3 is 5.32 Å². The van der Waals surface area contributed by atoms with Crippen LogP contribution in [0.4, 0.5) is 0 Å². The smallest absolute Gasteiger partial charge is 0.0534 e. The lowest BCUT2D eigenvalue weighted by molar-refractivity contribution is 0.153. The van der Waals surface area contributed by atoms with Gasteiger partial charge in [0.1, 0.15) is 0 Å². The van der Waals surface area contributed by atoms with Gasteiger partial charge in [-0.25, -0.2) is 0 Å². The molecule has 2 aromatic rings. The van der Waals surface area contributed by atoms with Crippen LogP contribution in [0.5, 0.6) is 0 Å². The van der Waals surface area contributed by atoms with Gasteiger partial charge in [-0.2, -0.15) is 5.10 Å². The SMILES string of the molecule is CC(C)n1cc(CN2CCNCC2c2ccncc2)cn1. The molecule has 5 heteroatoms. The molecule has 1 unspecified atom stereocenters. The summed E-state index contributed by atoms with van der Waals surface area (Å²) in [6, 6.07) is 5.05. The van der Waals surface area contributed by atoms with Crippen molar-refractivity contribution in [1.29, 1.82) is 0 Å². The van der Waals surface area contributed by atoms with Gasteiger partial charge >= 0.3 is 0 Å². The van der Waals surface area contributed by atoms with Crippen molar-refractivity contribution in [3.05, 3.63) is 48.0 Å². The maximum atomic E-state index is 4.44. The average molecular weight is 285 g/mol. The Morgan fingerprint density at radius 3 is 2.86 bits per heavy atom. The van der Waals surface area contributed by atoms with Crippen LogP contribution in [0.3, 0.4) is 0 Å². The van der Waals surface area contributed by atoms with Gasteiger partial charge in [-0.05, 0) is 31.5 Å². The van der Waals surface area contributed by atoms with Gasteiger partial charge in [0.25, 0.3) is 0 Å². The summed E-state index contributed by atoms with van der Waals surface area (Å²) < 4.78 is 2.03. The lowest BCUT2D eigenvalue weighted by Gasteiger charge is -2.36. The zero-order chi connectivity index (χ0) is 14.7. The Labute approximate surface area is 126 Å². The van der Waals surface area contributed by atoms with Crippen LogP contribution >= 0.6 is 0 Å². The van der Waals surface area contributed by atoms with E-state index in [4.69, 9.17) is 0 Å². The standard InChI is InChI=1S/C16H23N5/c1-13(2)21-12-14(9-19-21)11-20-8-7-18-10-16(20)15-3-5-17-6-4-15/h3-6,9,12-13,16,18H,7-8,10-11H2,1-2H3. The van der Waals surface area contributed by atoms with Gasteiger partial charge in [-0.1, -0.05) is 0 Å². The molecule has 0 bridgehead atoms. The molecule has 0 amide bonds. The topological polar surface area (TPSA) is 46.0 Å². The molecule has 1 N–H and O–H groups in total. The Hall–Kier alpha value is -1.72.